The molecule has 1 aromatic carbocycles. The van der Waals surface area contributed by atoms with Crippen LogP contribution in [0.15, 0.2) is 29.4 Å². The minimum absolute atomic E-state index is 0.269. The zero-order chi connectivity index (χ0) is 13.4. The number of benzene rings is 1. The molecule has 0 bridgehead atoms. The number of rotatable bonds is 6. The van der Waals surface area contributed by atoms with Crippen molar-refractivity contribution in [2.45, 2.75) is 33.0 Å². The predicted molar refractivity (Wildman–Crippen MR) is 71.3 cm³/mol. The molecule has 3 N–H and O–H groups in total. The number of nitrogens with zero attached hydrogens (tertiary/aromatic N) is 1. The van der Waals surface area contributed by atoms with Gasteiger partial charge >= 0.3 is 6.03 Å². The van der Waals surface area contributed by atoms with Crippen molar-refractivity contribution >= 4 is 12.2 Å². The highest BCUT2D eigenvalue weighted by molar-refractivity contribution is 5.81. The summed E-state index contributed by atoms with van der Waals surface area (Å²) in [5.41, 5.74) is 9.01. The van der Waals surface area contributed by atoms with Gasteiger partial charge in [0.05, 0.1) is 18.9 Å². The Morgan fingerprint density at radius 2 is 2.17 bits per heavy atom. The summed E-state index contributed by atoms with van der Waals surface area (Å²) in [4.78, 5) is 10.4. The molecule has 5 heteroatoms. The van der Waals surface area contributed by atoms with Crippen LogP contribution in [-0.2, 0) is 11.3 Å². The minimum Gasteiger partial charge on any atom is -0.374 e. The first-order valence-electron chi connectivity index (χ1n) is 5.91. The van der Waals surface area contributed by atoms with E-state index in [-0.39, 0.29) is 6.10 Å². The third kappa shape index (κ3) is 5.45. The van der Waals surface area contributed by atoms with E-state index < -0.39 is 6.03 Å². The van der Waals surface area contributed by atoms with E-state index in [0.717, 1.165) is 17.5 Å². The van der Waals surface area contributed by atoms with Crippen molar-refractivity contribution in [3.8, 4) is 0 Å². The Balaban J connectivity index is 2.47. The average molecular weight is 249 g/mol. The maximum atomic E-state index is 10.4. The van der Waals surface area contributed by atoms with Gasteiger partial charge in [0.15, 0.2) is 0 Å². The van der Waals surface area contributed by atoms with E-state index in [2.05, 4.69) is 24.4 Å². The van der Waals surface area contributed by atoms with Crippen LogP contribution in [0.1, 0.15) is 31.4 Å². The number of ether oxygens (including phenoxy) is 1. The molecular weight excluding hydrogens is 230 g/mol. The van der Waals surface area contributed by atoms with Gasteiger partial charge in [0.2, 0.25) is 0 Å². The molecule has 1 unspecified atom stereocenters. The monoisotopic (exact) mass is 249 g/mol. The summed E-state index contributed by atoms with van der Waals surface area (Å²) in [6.07, 6.45) is 2.80. The number of hydrazone groups is 1. The highest BCUT2D eigenvalue weighted by Gasteiger charge is 1.99. The lowest BCUT2D eigenvalue weighted by molar-refractivity contribution is 0.0508. The molecular formula is C13H19N3O2. The molecule has 0 aliphatic carbocycles. The van der Waals surface area contributed by atoms with E-state index in [4.69, 9.17) is 10.5 Å². The fourth-order valence-electron chi connectivity index (χ4n) is 1.23. The summed E-state index contributed by atoms with van der Waals surface area (Å²) >= 11 is 0. The summed E-state index contributed by atoms with van der Waals surface area (Å²) < 4.78 is 5.62. The second-order valence-corrected chi connectivity index (χ2v) is 4.01. The van der Waals surface area contributed by atoms with Crippen LogP contribution in [0.3, 0.4) is 0 Å². The largest absolute Gasteiger partial charge is 0.374 e. The van der Waals surface area contributed by atoms with Gasteiger partial charge in [-0.15, -0.1) is 0 Å². The topological polar surface area (TPSA) is 76.7 Å². The van der Waals surface area contributed by atoms with Gasteiger partial charge in [0.1, 0.15) is 0 Å². The van der Waals surface area contributed by atoms with Crippen LogP contribution in [0, 0.1) is 0 Å². The quantitative estimate of drug-likeness (QED) is 0.597. The molecule has 0 heterocycles. The summed E-state index contributed by atoms with van der Waals surface area (Å²) in [7, 11) is 0. The Morgan fingerprint density at radius 1 is 1.50 bits per heavy atom. The van der Waals surface area contributed by atoms with E-state index in [1.54, 1.807) is 0 Å². The van der Waals surface area contributed by atoms with E-state index in [1.165, 1.54) is 6.21 Å². The number of amides is 2. The van der Waals surface area contributed by atoms with Crippen molar-refractivity contribution in [2.24, 2.45) is 10.8 Å². The summed E-state index contributed by atoms with van der Waals surface area (Å²) in [6.45, 7) is 4.75. The first-order valence-corrected chi connectivity index (χ1v) is 5.91. The molecule has 1 atom stereocenters. The minimum atomic E-state index is -0.676. The van der Waals surface area contributed by atoms with Crippen molar-refractivity contribution in [1.29, 1.82) is 0 Å². The molecule has 18 heavy (non-hydrogen) atoms. The fraction of sp³-hybridized carbons (Fsp3) is 0.385. The number of nitrogens with one attached hydrogen (secondary N) is 1. The Kier molecular flexibility index (Phi) is 5.87. The maximum absolute atomic E-state index is 10.4. The lowest BCUT2D eigenvalue weighted by atomic mass is 10.1. The molecule has 5 nitrogen and oxygen atoms in total. The van der Waals surface area contributed by atoms with Crippen molar-refractivity contribution in [2.75, 3.05) is 0 Å². The van der Waals surface area contributed by atoms with Gasteiger partial charge in [-0.05, 0) is 24.5 Å². The van der Waals surface area contributed by atoms with E-state index in [0.29, 0.717) is 6.61 Å². The molecule has 0 saturated heterocycles. The second-order valence-electron chi connectivity index (χ2n) is 4.01. The van der Waals surface area contributed by atoms with Gasteiger partial charge in [0, 0.05) is 0 Å². The highest BCUT2D eigenvalue weighted by atomic mass is 16.5. The molecule has 0 saturated carbocycles. The Hall–Kier alpha value is -1.88. The zero-order valence-electron chi connectivity index (χ0n) is 10.7. The van der Waals surface area contributed by atoms with Gasteiger partial charge in [-0.3, -0.25) is 0 Å². The van der Waals surface area contributed by atoms with Crippen LogP contribution in [0.2, 0.25) is 0 Å². The first-order chi connectivity index (χ1) is 8.61. The summed E-state index contributed by atoms with van der Waals surface area (Å²) in [5, 5.41) is 3.68. The normalized spacial score (nSPS) is 12.6. The number of urea groups is 1. The van der Waals surface area contributed by atoms with Crippen LogP contribution >= 0.6 is 0 Å². The van der Waals surface area contributed by atoms with Crippen LogP contribution in [0.4, 0.5) is 4.79 Å². The Labute approximate surface area is 107 Å². The average Bonchev–Trinajstić information content (AvgIpc) is 2.37. The first kappa shape index (κ1) is 14.2. The van der Waals surface area contributed by atoms with Gasteiger partial charge < -0.3 is 10.5 Å². The summed E-state index contributed by atoms with van der Waals surface area (Å²) in [5.74, 6) is 0. The number of hydrogen-bond acceptors (Lipinski definition) is 3. The van der Waals surface area contributed by atoms with Gasteiger partial charge in [-0.2, -0.15) is 5.10 Å². The number of carbonyl (C=O) groups is 1. The zero-order valence-corrected chi connectivity index (χ0v) is 10.7. The summed E-state index contributed by atoms with van der Waals surface area (Å²) in [6, 6.07) is 7.06. The number of nitrogens with two attached hydrogens (primary N) is 1. The predicted octanol–water partition coefficient (Wildman–Crippen LogP) is 2.00. The Morgan fingerprint density at radius 3 is 2.72 bits per heavy atom. The van der Waals surface area contributed by atoms with Gasteiger partial charge in [-0.25, -0.2) is 10.2 Å². The number of carbonyl (C=O) groups excluding carboxylic acids is 1. The van der Waals surface area contributed by atoms with Crippen molar-refractivity contribution < 1.29 is 9.53 Å². The van der Waals surface area contributed by atoms with Crippen molar-refractivity contribution in [1.82, 2.24) is 5.43 Å². The lowest BCUT2D eigenvalue weighted by Gasteiger charge is -2.10. The third-order valence-corrected chi connectivity index (χ3v) is 2.48. The molecule has 0 radical (unpaired) electrons. The van der Waals surface area contributed by atoms with Crippen LogP contribution in [-0.4, -0.2) is 18.3 Å². The molecule has 0 fully saturated rings. The van der Waals surface area contributed by atoms with Crippen molar-refractivity contribution in [3.63, 3.8) is 0 Å². The van der Waals surface area contributed by atoms with E-state index >= 15 is 0 Å². The second kappa shape index (κ2) is 7.45. The number of hydrogen-bond donors (Lipinski definition) is 2. The highest BCUT2D eigenvalue weighted by Crippen LogP contribution is 2.07. The molecule has 0 spiro atoms. The van der Waals surface area contributed by atoms with E-state index in [9.17, 15) is 4.79 Å². The van der Waals surface area contributed by atoms with Crippen LogP contribution in [0.25, 0.3) is 0 Å². The molecule has 98 valence electrons. The fourth-order valence-corrected chi connectivity index (χ4v) is 1.23. The van der Waals surface area contributed by atoms with Crippen LogP contribution in [0.5, 0.6) is 0 Å². The maximum Gasteiger partial charge on any atom is 0.332 e. The van der Waals surface area contributed by atoms with Crippen LogP contribution < -0.4 is 11.2 Å². The Bertz CT molecular complexity index is 401. The molecule has 0 aliphatic heterocycles. The molecule has 2 amide bonds. The molecule has 1 aromatic rings. The van der Waals surface area contributed by atoms with Crippen molar-refractivity contribution in [3.05, 3.63) is 35.4 Å². The number of primary amides is 1. The molecule has 1 rings (SSSR count). The third-order valence-electron chi connectivity index (χ3n) is 2.48. The van der Waals surface area contributed by atoms with Gasteiger partial charge in [-0.1, -0.05) is 31.2 Å². The smallest absolute Gasteiger partial charge is 0.332 e. The van der Waals surface area contributed by atoms with E-state index in [1.807, 2.05) is 24.3 Å². The van der Waals surface area contributed by atoms with Gasteiger partial charge in [0.25, 0.3) is 0 Å². The molecule has 0 aromatic heterocycles. The SMILES string of the molecule is CCC(C)OCc1ccc(C=NNC(N)=O)cc1. The standard InChI is InChI=1S/C13H19N3O2/c1-3-10(2)18-9-12-6-4-11(5-7-12)8-15-16-13(14)17/h4-8,10H,3,9H2,1-2H3,(H3,14,16,17). The molecule has 0 aliphatic rings. The lowest BCUT2D eigenvalue weighted by Crippen LogP contribution is -2.24.